The maximum Gasteiger partial charge on any atom is 0.263 e. The van der Waals surface area contributed by atoms with Crippen molar-refractivity contribution in [2.75, 3.05) is 7.05 Å². The molecule has 1 heterocycles. The average molecular weight is 372 g/mol. The topological polar surface area (TPSA) is 68.5 Å². The molecule has 1 atom stereocenters. The molecule has 0 saturated carbocycles. The Morgan fingerprint density at radius 1 is 1.19 bits per heavy atom. The van der Waals surface area contributed by atoms with Gasteiger partial charge in [-0.15, -0.1) is 0 Å². The van der Waals surface area contributed by atoms with Crippen LogP contribution in [0.5, 0.6) is 5.75 Å². The summed E-state index contributed by atoms with van der Waals surface area (Å²) in [6.45, 7) is 1.86. The number of para-hydroxylation sites is 1. The zero-order chi connectivity index (χ0) is 18.5. The second-order valence-corrected chi connectivity index (χ2v) is 6.17. The number of hydrogen-bond donors (Lipinski definition) is 0. The van der Waals surface area contributed by atoms with Crippen molar-refractivity contribution >= 4 is 17.5 Å². The van der Waals surface area contributed by atoms with Gasteiger partial charge in [-0.2, -0.15) is 4.98 Å². The number of carbonyl (C=O) groups excluding carboxylic acids is 1. The van der Waals surface area contributed by atoms with E-state index < -0.39 is 6.10 Å². The van der Waals surface area contributed by atoms with Crippen molar-refractivity contribution in [2.45, 2.75) is 19.6 Å². The normalized spacial score (nSPS) is 11.8. The van der Waals surface area contributed by atoms with E-state index in [9.17, 15) is 4.79 Å². The Morgan fingerprint density at radius 2 is 1.88 bits per heavy atom. The Balaban J connectivity index is 1.62. The summed E-state index contributed by atoms with van der Waals surface area (Å²) in [5.74, 6) is 1.09. The highest BCUT2D eigenvalue weighted by atomic mass is 35.5. The molecule has 6 nitrogen and oxygen atoms in total. The zero-order valence-corrected chi connectivity index (χ0v) is 15.2. The molecule has 0 spiro atoms. The van der Waals surface area contributed by atoms with Crippen molar-refractivity contribution in [1.82, 2.24) is 15.0 Å². The molecule has 3 aromatic rings. The molecule has 1 amide bonds. The lowest BCUT2D eigenvalue weighted by Crippen LogP contribution is -2.37. The van der Waals surface area contributed by atoms with Crippen molar-refractivity contribution in [3.63, 3.8) is 0 Å². The summed E-state index contributed by atoms with van der Waals surface area (Å²) in [5.41, 5.74) is 0.854. The Kier molecular flexibility index (Phi) is 5.53. The number of nitrogens with zero attached hydrogens (tertiary/aromatic N) is 3. The van der Waals surface area contributed by atoms with Gasteiger partial charge in [0.2, 0.25) is 11.7 Å². The molecule has 0 unspecified atom stereocenters. The smallest absolute Gasteiger partial charge is 0.263 e. The number of hydrogen-bond acceptors (Lipinski definition) is 5. The SMILES string of the molecule is C[C@@H](Oc1ccccc1Cl)C(=O)N(C)Cc1nc(-c2ccccc2)no1. The number of carbonyl (C=O) groups is 1. The van der Waals surface area contributed by atoms with Gasteiger partial charge in [0.05, 0.1) is 11.6 Å². The monoisotopic (exact) mass is 371 g/mol. The summed E-state index contributed by atoms with van der Waals surface area (Å²) in [6.07, 6.45) is -0.698. The summed E-state index contributed by atoms with van der Waals surface area (Å²) < 4.78 is 10.9. The molecule has 0 aliphatic carbocycles. The van der Waals surface area contributed by atoms with Gasteiger partial charge in [0.25, 0.3) is 5.91 Å². The lowest BCUT2D eigenvalue weighted by molar-refractivity contribution is -0.137. The number of halogens is 1. The fourth-order valence-corrected chi connectivity index (χ4v) is 2.58. The fraction of sp³-hybridized carbons (Fsp3) is 0.211. The minimum absolute atomic E-state index is 0.189. The standard InChI is InChI=1S/C19H18ClN3O3/c1-13(25-16-11-7-6-10-15(16)20)19(24)23(2)12-17-21-18(22-26-17)14-8-4-3-5-9-14/h3-11,13H,12H2,1-2H3/t13-/m1/s1. The third-order valence-corrected chi connectivity index (χ3v) is 4.05. The van der Waals surface area contributed by atoms with Crippen LogP contribution in [0.25, 0.3) is 11.4 Å². The predicted octanol–water partition coefficient (Wildman–Crippen LogP) is 3.82. The van der Waals surface area contributed by atoms with E-state index in [4.69, 9.17) is 20.9 Å². The Morgan fingerprint density at radius 3 is 2.62 bits per heavy atom. The Hall–Kier alpha value is -2.86. The van der Waals surface area contributed by atoms with Gasteiger partial charge in [0.15, 0.2) is 6.10 Å². The van der Waals surface area contributed by atoms with Crippen molar-refractivity contribution in [3.8, 4) is 17.1 Å². The highest BCUT2D eigenvalue weighted by molar-refractivity contribution is 6.32. The van der Waals surface area contributed by atoms with Gasteiger partial charge in [0, 0.05) is 12.6 Å². The lowest BCUT2D eigenvalue weighted by atomic mass is 10.2. The minimum Gasteiger partial charge on any atom is -0.479 e. The molecule has 0 bridgehead atoms. The maximum absolute atomic E-state index is 12.5. The van der Waals surface area contributed by atoms with E-state index in [0.29, 0.717) is 22.5 Å². The van der Waals surface area contributed by atoms with Crippen LogP contribution in [0.4, 0.5) is 0 Å². The van der Waals surface area contributed by atoms with Crippen molar-refractivity contribution in [2.24, 2.45) is 0 Å². The minimum atomic E-state index is -0.698. The first-order valence-corrected chi connectivity index (χ1v) is 8.46. The van der Waals surface area contributed by atoms with Gasteiger partial charge in [-0.25, -0.2) is 0 Å². The first-order valence-electron chi connectivity index (χ1n) is 8.09. The third-order valence-electron chi connectivity index (χ3n) is 3.74. The van der Waals surface area contributed by atoms with E-state index in [2.05, 4.69) is 10.1 Å². The number of rotatable bonds is 6. The molecule has 0 saturated heterocycles. The first kappa shape index (κ1) is 17.9. The molecule has 134 valence electrons. The molecule has 26 heavy (non-hydrogen) atoms. The molecular weight excluding hydrogens is 354 g/mol. The second kappa shape index (κ2) is 8.01. The Labute approximate surface area is 156 Å². The van der Waals surface area contributed by atoms with Gasteiger partial charge in [-0.1, -0.05) is 59.2 Å². The molecule has 0 N–H and O–H groups in total. The highest BCUT2D eigenvalue weighted by Gasteiger charge is 2.22. The summed E-state index contributed by atoms with van der Waals surface area (Å²) in [6, 6.07) is 16.5. The van der Waals surface area contributed by atoms with Crippen LogP contribution >= 0.6 is 11.6 Å². The molecule has 7 heteroatoms. The summed E-state index contributed by atoms with van der Waals surface area (Å²) in [5, 5.41) is 4.41. The van der Waals surface area contributed by atoms with Crippen molar-refractivity contribution in [3.05, 3.63) is 65.5 Å². The first-order chi connectivity index (χ1) is 12.5. The van der Waals surface area contributed by atoms with Crippen LogP contribution in [0.15, 0.2) is 59.1 Å². The van der Waals surface area contributed by atoms with Crippen molar-refractivity contribution in [1.29, 1.82) is 0 Å². The predicted molar refractivity (Wildman–Crippen MR) is 97.8 cm³/mol. The molecule has 2 aromatic carbocycles. The molecule has 0 aliphatic heterocycles. The quantitative estimate of drug-likeness (QED) is 0.659. The van der Waals surface area contributed by atoms with E-state index in [1.807, 2.05) is 30.3 Å². The number of ether oxygens (including phenoxy) is 1. The van der Waals surface area contributed by atoms with Crippen LogP contribution in [0.1, 0.15) is 12.8 Å². The Bertz CT molecular complexity index is 883. The average Bonchev–Trinajstić information content (AvgIpc) is 3.12. The van der Waals surface area contributed by atoms with Crippen LogP contribution in [0.2, 0.25) is 5.02 Å². The maximum atomic E-state index is 12.5. The van der Waals surface area contributed by atoms with Gasteiger partial charge < -0.3 is 14.2 Å². The van der Waals surface area contributed by atoms with Crippen LogP contribution in [-0.2, 0) is 11.3 Å². The molecular formula is C19H18ClN3O3. The summed E-state index contributed by atoms with van der Waals surface area (Å²) in [4.78, 5) is 18.3. The zero-order valence-electron chi connectivity index (χ0n) is 14.4. The second-order valence-electron chi connectivity index (χ2n) is 5.76. The molecule has 3 rings (SSSR count). The third kappa shape index (κ3) is 4.21. The summed E-state index contributed by atoms with van der Waals surface area (Å²) in [7, 11) is 1.65. The van der Waals surface area contributed by atoms with E-state index >= 15 is 0 Å². The van der Waals surface area contributed by atoms with Gasteiger partial charge in [0.1, 0.15) is 5.75 Å². The highest BCUT2D eigenvalue weighted by Crippen LogP contribution is 2.24. The van der Waals surface area contributed by atoms with E-state index in [1.54, 1.807) is 38.2 Å². The van der Waals surface area contributed by atoms with Gasteiger partial charge in [-0.05, 0) is 19.1 Å². The molecule has 0 fully saturated rings. The molecule has 1 aromatic heterocycles. The summed E-state index contributed by atoms with van der Waals surface area (Å²) >= 11 is 6.06. The van der Waals surface area contributed by atoms with E-state index in [0.717, 1.165) is 5.56 Å². The van der Waals surface area contributed by atoms with Crippen LogP contribution < -0.4 is 4.74 Å². The van der Waals surface area contributed by atoms with E-state index in [-0.39, 0.29) is 12.5 Å². The van der Waals surface area contributed by atoms with Crippen LogP contribution in [0.3, 0.4) is 0 Å². The number of amides is 1. The number of likely N-dealkylation sites (N-methyl/N-ethyl adjacent to an activating group) is 1. The van der Waals surface area contributed by atoms with Gasteiger partial charge in [-0.3, -0.25) is 4.79 Å². The van der Waals surface area contributed by atoms with Crippen LogP contribution in [0, 0.1) is 0 Å². The molecule has 0 radical (unpaired) electrons. The van der Waals surface area contributed by atoms with Gasteiger partial charge >= 0.3 is 0 Å². The van der Waals surface area contributed by atoms with Crippen molar-refractivity contribution < 1.29 is 14.1 Å². The lowest BCUT2D eigenvalue weighted by Gasteiger charge is -2.21. The molecule has 0 aliphatic rings. The number of benzene rings is 2. The van der Waals surface area contributed by atoms with E-state index in [1.165, 1.54) is 4.90 Å². The van der Waals surface area contributed by atoms with Crippen LogP contribution in [-0.4, -0.2) is 34.1 Å². The number of aromatic nitrogens is 2. The fourth-order valence-electron chi connectivity index (χ4n) is 2.40. The largest absolute Gasteiger partial charge is 0.479 e.